The van der Waals surface area contributed by atoms with Crippen LogP contribution in [0.5, 0.6) is 0 Å². The fraction of sp³-hybridized carbons (Fsp3) is 0.462. The molecule has 0 radical (unpaired) electrons. The van der Waals surface area contributed by atoms with Crippen LogP contribution in [0.3, 0.4) is 0 Å². The third-order valence-corrected chi connectivity index (χ3v) is 6.70. The number of nitrogens with zero attached hydrogens (tertiary/aromatic N) is 1. The molecule has 0 bridgehead atoms. The van der Waals surface area contributed by atoms with Gasteiger partial charge < -0.3 is 9.64 Å². The monoisotopic (exact) mass is 423 g/mol. The second-order valence-electron chi connectivity index (χ2n) is 8.91. The number of ether oxygens (including phenoxy) is 1. The first-order chi connectivity index (χ1) is 14.9. The van der Waals surface area contributed by atoms with Gasteiger partial charge in [0, 0.05) is 43.3 Å². The van der Waals surface area contributed by atoms with Crippen molar-refractivity contribution in [2.75, 3.05) is 18.0 Å². The van der Waals surface area contributed by atoms with Gasteiger partial charge in [0.2, 0.25) is 0 Å². The lowest BCUT2D eigenvalue weighted by Gasteiger charge is -2.27. The molecule has 1 saturated heterocycles. The van der Waals surface area contributed by atoms with Gasteiger partial charge in [-0.15, -0.1) is 0 Å². The Balaban J connectivity index is 1.68. The Morgan fingerprint density at radius 3 is 2.74 bits per heavy atom. The number of carbonyl (C=O) groups is 2. The molecule has 0 amide bonds. The first-order valence-corrected chi connectivity index (χ1v) is 11.2. The Morgan fingerprint density at radius 1 is 1.19 bits per heavy atom. The van der Waals surface area contributed by atoms with Crippen LogP contribution in [-0.2, 0) is 14.9 Å². The first kappa shape index (κ1) is 21.5. The standard InChI is InChI=1S/C26H30FNO3/c1-4-6-23(29)19-9-8-18(27)14-22(19)28-12-11-26(16-28)15-24(31-25(30)5-2)20-13-17(3)7-10-21(20)26/h7-10,13-14,24H,4-6,11-12,15-16H2,1-3H3. The number of fused-ring (bicyclic) bond motifs is 2. The molecule has 0 aromatic heterocycles. The SMILES string of the molecule is CCCC(=O)c1ccc(F)cc1N1CCC2(CC(OC(=O)CC)c3cc(C)ccc32)C1. The predicted octanol–water partition coefficient (Wildman–Crippen LogP) is 5.66. The fourth-order valence-corrected chi connectivity index (χ4v) is 5.18. The maximum atomic E-state index is 14.2. The summed E-state index contributed by atoms with van der Waals surface area (Å²) in [5, 5.41) is 0. The van der Waals surface area contributed by atoms with E-state index < -0.39 is 0 Å². The van der Waals surface area contributed by atoms with E-state index in [0.717, 1.165) is 36.9 Å². The van der Waals surface area contributed by atoms with Crippen LogP contribution < -0.4 is 4.90 Å². The number of ketones is 1. The molecular weight excluding hydrogens is 393 g/mol. The Kier molecular flexibility index (Phi) is 5.87. The molecule has 2 aliphatic rings. The highest BCUT2D eigenvalue weighted by atomic mass is 19.1. The summed E-state index contributed by atoms with van der Waals surface area (Å²) in [5.74, 6) is -0.473. The molecule has 2 atom stereocenters. The molecule has 1 aliphatic carbocycles. The van der Waals surface area contributed by atoms with E-state index >= 15 is 0 Å². The Morgan fingerprint density at radius 2 is 2.00 bits per heavy atom. The molecule has 1 aliphatic heterocycles. The average molecular weight is 424 g/mol. The number of carbonyl (C=O) groups excluding carboxylic acids is 2. The summed E-state index contributed by atoms with van der Waals surface area (Å²) in [7, 11) is 0. The van der Waals surface area contributed by atoms with Crippen LogP contribution in [0.2, 0.25) is 0 Å². The predicted molar refractivity (Wildman–Crippen MR) is 119 cm³/mol. The zero-order valence-corrected chi connectivity index (χ0v) is 18.5. The Labute approximate surface area is 183 Å². The summed E-state index contributed by atoms with van der Waals surface area (Å²) in [6.07, 6.45) is 2.91. The van der Waals surface area contributed by atoms with Crippen molar-refractivity contribution in [1.82, 2.24) is 0 Å². The molecule has 1 heterocycles. The van der Waals surface area contributed by atoms with Crippen molar-refractivity contribution in [3.05, 3.63) is 64.5 Å². The molecular formula is C26H30FNO3. The molecule has 31 heavy (non-hydrogen) atoms. The van der Waals surface area contributed by atoms with E-state index in [4.69, 9.17) is 4.74 Å². The van der Waals surface area contributed by atoms with Gasteiger partial charge in [-0.25, -0.2) is 4.39 Å². The van der Waals surface area contributed by atoms with Gasteiger partial charge in [-0.2, -0.15) is 0 Å². The van der Waals surface area contributed by atoms with Gasteiger partial charge in [-0.3, -0.25) is 9.59 Å². The van der Waals surface area contributed by atoms with Crippen LogP contribution >= 0.6 is 0 Å². The molecule has 2 unspecified atom stereocenters. The largest absolute Gasteiger partial charge is 0.457 e. The number of hydrogen-bond donors (Lipinski definition) is 0. The second kappa shape index (κ2) is 8.45. The van der Waals surface area contributed by atoms with Crippen LogP contribution in [0.15, 0.2) is 36.4 Å². The van der Waals surface area contributed by atoms with Crippen molar-refractivity contribution in [3.8, 4) is 0 Å². The average Bonchev–Trinajstić information content (AvgIpc) is 3.29. The highest BCUT2D eigenvalue weighted by molar-refractivity contribution is 6.01. The van der Waals surface area contributed by atoms with Gasteiger partial charge >= 0.3 is 5.97 Å². The third-order valence-electron chi connectivity index (χ3n) is 6.70. The molecule has 164 valence electrons. The minimum atomic E-state index is -0.332. The number of anilines is 1. The van der Waals surface area contributed by atoms with Crippen LogP contribution in [0, 0.1) is 12.7 Å². The maximum absolute atomic E-state index is 14.2. The zero-order valence-electron chi connectivity index (χ0n) is 18.5. The summed E-state index contributed by atoms with van der Waals surface area (Å²) >= 11 is 0. The lowest BCUT2D eigenvalue weighted by molar-refractivity contribution is -0.149. The van der Waals surface area contributed by atoms with E-state index in [9.17, 15) is 14.0 Å². The minimum Gasteiger partial charge on any atom is -0.457 e. The fourth-order valence-electron chi connectivity index (χ4n) is 5.18. The summed E-state index contributed by atoms with van der Waals surface area (Å²) in [6.45, 7) is 7.24. The van der Waals surface area contributed by atoms with Crippen molar-refractivity contribution in [1.29, 1.82) is 0 Å². The van der Waals surface area contributed by atoms with Crippen LogP contribution in [0.25, 0.3) is 0 Å². The minimum absolute atomic E-state index is 0.0515. The molecule has 5 heteroatoms. The van der Waals surface area contributed by atoms with Crippen molar-refractivity contribution in [2.24, 2.45) is 0 Å². The molecule has 1 fully saturated rings. The Bertz CT molecular complexity index is 1020. The number of rotatable bonds is 6. The third kappa shape index (κ3) is 3.98. The summed E-state index contributed by atoms with van der Waals surface area (Å²) in [5.41, 5.74) is 4.55. The number of benzene rings is 2. The van der Waals surface area contributed by atoms with Gasteiger partial charge in [0.15, 0.2) is 5.78 Å². The quantitative estimate of drug-likeness (QED) is 0.444. The molecule has 0 saturated carbocycles. The van der Waals surface area contributed by atoms with Gasteiger partial charge in [0.1, 0.15) is 11.9 Å². The van der Waals surface area contributed by atoms with Crippen molar-refractivity contribution < 1.29 is 18.7 Å². The van der Waals surface area contributed by atoms with Gasteiger partial charge in [0.05, 0.1) is 5.69 Å². The van der Waals surface area contributed by atoms with Gasteiger partial charge in [-0.05, 0) is 49.1 Å². The van der Waals surface area contributed by atoms with Crippen molar-refractivity contribution in [3.63, 3.8) is 0 Å². The number of hydrogen-bond acceptors (Lipinski definition) is 4. The lowest BCUT2D eigenvalue weighted by atomic mass is 9.81. The molecule has 2 aromatic rings. The zero-order chi connectivity index (χ0) is 22.2. The van der Waals surface area contributed by atoms with Gasteiger partial charge in [-0.1, -0.05) is 37.6 Å². The van der Waals surface area contributed by atoms with E-state index in [1.807, 2.05) is 13.8 Å². The van der Waals surface area contributed by atoms with E-state index in [1.54, 1.807) is 13.0 Å². The van der Waals surface area contributed by atoms with Crippen LogP contribution in [0.1, 0.15) is 79.1 Å². The molecule has 4 nitrogen and oxygen atoms in total. The van der Waals surface area contributed by atoms with Crippen LogP contribution in [-0.4, -0.2) is 24.8 Å². The lowest BCUT2D eigenvalue weighted by Crippen LogP contribution is -2.30. The van der Waals surface area contributed by atoms with E-state index in [1.165, 1.54) is 17.7 Å². The number of Topliss-reactive ketones (excluding diaryl/α,β-unsaturated/α-hetero) is 1. The van der Waals surface area contributed by atoms with Gasteiger partial charge in [0.25, 0.3) is 0 Å². The molecule has 2 aromatic carbocycles. The number of halogens is 1. The first-order valence-electron chi connectivity index (χ1n) is 11.2. The second-order valence-corrected chi connectivity index (χ2v) is 8.91. The van der Waals surface area contributed by atoms with E-state index in [-0.39, 0.29) is 29.1 Å². The number of aryl methyl sites for hydroxylation is 1. The van der Waals surface area contributed by atoms with E-state index in [0.29, 0.717) is 30.6 Å². The molecule has 1 spiro atoms. The smallest absolute Gasteiger partial charge is 0.306 e. The summed E-state index contributed by atoms with van der Waals surface area (Å²) < 4.78 is 20.0. The summed E-state index contributed by atoms with van der Waals surface area (Å²) in [4.78, 5) is 26.9. The highest BCUT2D eigenvalue weighted by Crippen LogP contribution is 2.52. The Hall–Kier alpha value is -2.69. The topological polar surface area (TPSA) is 46.6 Å². The van der Waals surface area contributed by atoms with Crippen molar-refractivity contribution in [2.45, 2.75) is 64.4 Å². The normalized spacial score (nSPS) is 22.1. The molecule has 4 rings (SSSR count). The maximum Gasteiger partial charge on any atom is 0.306 e. The highest BCUT2D eigenvalue weighted by Gasteiger charge is 2.49. The number of esters is 1. The van der Waals surface area contributed by atoms with E-state index in [2.05, 4.69) is 23.1 Å². The van der Waals surface area contributed by atoms with Crippen molar-refractivity contribution >= 4 is 17.4 Å². The van der Waals surface area contributed by atoms with Crippen LogP contribution in [0.4, 0.5) is 10.1 Å². The summed E-state index contributed by atoms with van der Waals surface area (Å²) in [6, 6.07) is 10.9. The molecule has 0 N–H and O–H groups in total.